The maximum Gasteiger partial charge on any atom is 0.0318 e. The molecular formula is C14H23N. The average molecular weight is 205 g/mol. The van der Waals surface area contributed by atoms with Crippen molar-refractivity contribution < 1.29 is 0 Å². The highest BCUT2D eigenvalue weighted by molar-refractivity contribution is 5.29. The summed E-state index contributed by atoms with van der Waals surface area (Å²) >= 11 is 0. The van der Waals surface area contributed by atoms with Gasteiger partial charge in [0, 0.05) is 6.04 Å². The van der Waals surface area contributed by atoms with Crippen molar-refractivity contribution in [1.29, 1.82) is 0 Å². The fourth-order valence-corrected chi connectivity index (χ4v) is 1.59. The van der Waals surface area contributed by atoms with Crippen LogP contribution in [0.15, 0.2) is 24.3 Å². The van der Waals surface area contributed by atoms with Gasteiger partial charge in [0.2, 0.25) is 0 Å². The first kappa shape index (κ1) is 12.3. The lowest BCUT2D eigenvalue weighted by Crippen LogP contribution is -2.17. The Morgan fingerprint density at radius 2 is 1.47 bits per heavy atom. The van der Waals surface area contributed by atoms with E-state index in [0.717, 1.165) is 0 Å². The van der Waals surface area contributed by atoms with E-state index in [9.17, 15) is 0 Å². The van der Waals surface area contributed by atoms with Crippen LogP contribution in [0.25, 0.3) is 0 Å². The Hall–Kier alpha value is -0.820. The molecule has 1 atom stereocenters. The molecule has 0 aliphatic rings. The van der Waals surface area contributed by atoms with Gasteiger partial charge >= 0.3 is 0 Å². The summed E-state index contributed by atoms with van der Waals surface area (Å²) in [6.45, 7) is 11.0. The molecule has 2 N–H and O–H groups in total. The van der Waals surface area contributed by atoms with Crippen molar-refractivity contribution in [1.82, 2.24) is 0 Å². The molecule has 1 heteroatoms. The van der Waals surface area contributed by atoms with Gasteiger partial charge in [-0.2, -0.15) is 0 Å². The van der Waals surface area contributed by atoms with Crippen LogP contribution < -0.4 is 5.73 Å². The third-order valence-electron chi connectivity index (χ3n) is 2.88. The van der Waals surface area contributed by atoms with Gasteiger partial charge in [0.15, 0.2) is 0 Å². The lowest BCUT2D eigenvalue weighted by atomic mass is 9.85. The Kier molecular flexibility index (Phi) is 3.56. The number of hydrogen-bond acceptors (Lipinski definition) is 1. The summed E-state index contributed by atoms with van der Waals surface area (Å²) in [4.78, 5) is 0. The zero-order chi connectivity index (χ0) is 11.6. The molecule has 84 valence electrons. The van der Waals surface area contributed by atoms with Gasteiger partial charge < -0.3 is 5.73 Å². The molecule has 0 aliphatic carbocycles. The minimum atomic E-state index is 0.152. The van der Waals surface area contributed by atoms with Crippen LogP contribution in [-0.4, -0.2) is 0 Å². The second kappa shape index (κ2) is 4.36. The topological polar surface area (TPSA) is 26.0 Å². The Labute approximate surface area is 93.7 Å². The zero-order valence-electron chi connectivity index (χ0n) is 10.5. The normalized spacial score (nSPS) is 14.3. The van der Waals surface area contributed by atoms with E-state index in [0.29, 0.717) is 5.92 Å². The van der Waals surface area contributed by atoms with Gasteiger partial charge in [-0.1, -0.05) is 58.9 Å². The van der Waals surface area contributed by atoms with E-state index < -0.39 is 0 Å². The predicted octanol–water partition coefficient (Wildman–Crippen LogP) is 3.64. The lowest BCUT2D eigenvalue weighted by molar-refractivity contribution is 0.513. The van der Waals surface area contributed by atoms with Crippen LogP contribution in [-0.2, 0) is 5.41 Å². The minimum absolute atomic E-state index is 0.152. The van der Waals surface area contributed by atoms with E-state index in [2.05, 4.69) is 58.9 Å². The second-order valence-electron chi connectivity index (χ2n) is 5.64. The van der Waals surface area contributed by atoms with Crippen LogP contribution in [0.4, 0.5) is 0 Å². The van der Waals surface area contributed by atoms with Crippen molar-refractivity contribution in [2.75, 3.05) is 0 Å². The SMILES string of the molecule is CC(C)[C@@H](N)c1ccc(C(C)(C)C)cc1. The van der Waals surface area contributed by atoms with E-state index in [1.54, 1.807) is 0 Å². The van der Waals surface area contributed by atoms with Crippen molar-refractivity contribution in [3.63, 3.8) is 0 Å². The average Bonchev–Trinajstić information content (AvgIpc) is 2.15. The highest BCUT2D eigenvalue weighted by Crippen LogP contribution is 2.25. The number of benzene rings is 1. The molecule has 0 spiro atoms. The van der Waals surface area contributed by atoms with Crippen molar-refractivity contribution in [3.05, 3.63) is 35.4 Å². The smallest absolute Gasteiger partial charge is 0.0318 e. The number of rotatable bonds is 2. The summed E-state index contributed by atoms with van der Waals surface area (Å²) < 4.78 is 0. The molecule has 0 aromatic heterocycles. The molecule has 1 aromatic carbocycles. The first-order chi connectivity index (χ1) is 6.82. The summed E-state index contributed by atoms with van der Waals surface area (Å²) in [6.07, 6.45) is 0. The first-order valence-corrected chi connectivity index (χ1v) is 5.68. The molecule has 0 fully saturated rings. The van der Waals surface area contributed by atoms with Gasteiger partial charge in [0.25, 0.3) is 0 Å². The van der Waals surface area contributed by atoms with Crippen LogP contribution >= 0.6 is 0 Å². The van der Waals surface area contributed by atoms with E-state index in [-0.39, 0.29) is 11.5 Å². The molecule has 0 saturated carbocycles. The standard InChI is InChI=1S/C14H23N/c1-10(2)13(15)11-6-8-12(9-7-11)14(3,4)5/h6-10,13H,15H2,1-5H3/t13-/m1/s1. The molecule has 0 unspecified atom stereocenters. The van der Waals surface area contributed by atoms with Gasteiger partial charge in [-0.15, -0.1) is 0 Å². The number of hydrogen-bond donors (Lipinski definition) is 1. The van der Waals surface area contributed by atoms with E-state index in [1.165, 1.54) is 11.1 Å². The van der Waals surface area contributed by atoms with Crippen molar-refractivity contribution in [2.24, 2.45) is 11.7 Å². The Bertz CT molecular complexity index is 303. The molecule has 0 radical (unpaired) electrons. The molecule has 1 nitrogen and oxygen atoms in total. The second-order valence-corrected chi connectivity index (χ2v) is 5.64. The van der Waals surface area contributed by atoms with Crippen LogP contribution in [0.2, 0.25) is 0 Å². The van der Waals surface area contributed by atoms with Crippen LogP contribution in [0.5, 0.6) is 0 Å². The fourth-order valence-electron chi connectivity index (χ4n) is 1.59. The van der Waals surface area contributed by atoms with E-state index >= 15 is 0 Å². The summed E-state index contributed by atoms with van der Waals surface area (Å²) in [5.41, 5.74) is 8.92. The Morgan fingerprint density at radius 3 is 1.80 bits per heavy atom. The maximum atomic E-state index is 6.10. The van der Waals surface area contributed by atoms with Crippen LogP contribution in [0.3, 0.4) is 0 Å². The molecule has 0 heterocycles. The van der Waals surface area contributed by atoms with Crippen LogP contribution in [0.1, 0.15) is 51.8 Å². The van der Waals surface area contributed by atoms with Gasteiger partial charge in [-0.3, -0.25) is 0 Å². The molecule has 0 saturated heterocycles. The van der Waals surface area contributed by atoms with Crippen molar-refractivity contribution >= 4 is 0 Å². The van der Waals surface area contributed by atoms with E-state index in [1.807, 2.05) is 0 Å². The van der Waals surface area contributed by atoms with Crippen LogP contribution in [0, 0.1) is 5.92 Å². The molecule has 15 heavy (non-hydrogen) atoms. The lowest BCUT2D eigenvalue weighted by Gasteiger charge is -2.21. The number of nitrogens with two attached hydrogens (primary N) is 1. The Morgan fingerprint density at radius 1 is 1.00 bits per heavy atom. The first-order valence-electron chi connectivity index (χ1n) is 5.68. The van der Waals surface area contributed by atoms with Crippen molar-refractivity contribution in [3.8, 4) is 0 Å². The molecule has 0 amide bonds. The van der Waals surface area contributed by atoms with E-state index in [4.69, 9.17) is 5.73 Å². The largest absolute Gasteiger partial charge is 0.324 e. The van der Waals surface area contributed by atoms with Gasteiger partial charge in [0.1, 0.15) is 0 Å². The molecular weight excluding hydrogens is 182 g/mol. The quantitative estimate of drug-likeness (QED) is 0.783. The monoisotopic (exact) mass is 205 g/mol. The summed E-state index contributed by atoms with van der Waals surface area (Å²) in [5, 5.41) is 0. The maximum absolute atomic E-state index is 6.10. The summed E-state index contributed by atoms with van der Waals surface area (Å²) in [6, 6.07) is 8.85. The zero-order valence-corrected chi connectivity index (χ0v) is 10.5. The molecule has 1 aromatic rings. The molecule has 1 rings (SSSR count). The summed E-state index contributed by atoms with van der Waals surface area (Å²) in [5.74, 6) is 0.491. The third-order valence-corrected chi connectivity index (χ3v) is 2.88. The van der Waals surface area contributed by atoms with Crippen molar-refractivity contribution in [2.45, 2.75) is 46.1 Å². The predicted molar refractivity (Wildman–Crippen MR) is 66.9 cm³/mol. The molecule has 0 aliphatic heterocycles. The highest BCUT2D eigenvalue weighted by Gasteiger charge is 2.15. The van der Waals surface area contributed by atoms with Gasteiger partial charge in [0.05, 0.1) is 0 Å². The summed E-state index contributed by atoms with van der Waals surface area (Å²) in [7, 11) is 0. The third kappa shape index (κ3) is 3.07. The van der Waals surface area contributed by atoms with Gasteiger partial charge in [-0.05, 0) is 22.5 Å². The Balaban J connectivity index is 2.91. The highest BCUT2D eigenvalue weighted by atomic mass is 14.6. The molecule has 0 bridgehead atoms. The van der Waals surface area contributed by atoms with Gasteiger partial charge in [-0.25, -0.2) is 0 Å². The minimum Gasteiger partial charge on any atom is -0.324 e. The fraction of sp³-hybridized carbons (Fsp3) is 0.571.